The highest BCUT2D eigenvalue weighted by atomic mass is 19.1. The number of aryl methyl sites for hydroxylation is 2. The Hall–Kier alpha value is -2.37. The molecule has 3 N–H and O–H groups in total. The normalized spacial score (nSPS) is 10.6. The number of rotatable bonds is 2. The van der Waals surface area contributed by atoms with Gasteiger partial charge in [0.2, 0.25) is 0 Å². The Labute approximate surface area is 103 Å². The minimum absolute atomic E-state index is 0.375. The first kappa shape index (κ1) is 12.1. The van der Waals surface area contributed by atoms with Crippen LogP contribution in [0.25, 0.3) is 11.3 Å². The largest absolute Gasteiger partial charge is 0.478 e. The van der Waals surface area contributed by atoms with Gasteiger partial charge in [0.1, 0.15) is 11.6 Å². The Balaban J connectivity index is 2.64. The van der Waals surface area contributed by atoms with Crippen molar-refractivity contribution >= 4 is 11.8 Å². The average Bonchev–Trinajstić information content (AvgIpc) is 2.58. The van der Waals surface area contributed by atoms with Crippen molar-refractivity contribution < 1.29 is 14.3 Å². The summed E-state index contributed by atoms with van der Waals surface area (Å²) < 4.78 is 14.9. The highest BCUT2D eigenvalue weighted by Gasteiger charge is 2.16. The number of carbonyl (C=O) groups is 1. The molecule has 0 bridgehead atoms. The number of carboxylic acid groups (broad SMARTS) is 1. The Morgan fingerprint density at radius 3 is 2.61 bits per heavy atom. The van der Waals surface area contributed by atoms with E-state index in [1.807, 2.05) is 0 Å². The van der Waals surface area contributed by atoms with Crippen LogP contribution in [0, 0.1) is 12.7 Å². The minimum Gasteiger partial charge on any atom is -0.478 e. The van der Waals surface area contributed by atoms with Gasteiger partial charge in [0.25, 0.3) is 0 Å². The number of aromatic carboxylic acids is 1. The van der Waals surface area contributed by atoms with Crippen LogP contribution >= 0.6 is 0 Å². The molecule has 2 aromatic rings. The Morgan fingerprint density at radius 2 is 2.11 bits per heavy atom. The maximum atomic E-state index is 13.5. The third-order valence-corrected chi connectivity index (χ3v) is 2.74. The Bertz CT molecular complexity index is 615. The van der Waals surface area contributed by atoms with Crippen LogP contribution in [-0.4, -0.2) is 20.9 Å². The van der Waals surface area contributed by atoms with E-state index in [0.29, 0.717) is 22.6 Å². The molecule has 0 fully saturated rings. The van der Waals surface area contributed by atoms with E-state index in [4.69, 9.17) is 10.8 Å². The molecular weight excluding hydrogens is 237 g/mol. The summed E-state index contributed by atoms with van der Waals surface area (Å²) in [6, 6.07) is 4.07. The molecule has 0 atom stereocenters. The summed E-state index contributed by atoms with van der Waals surface area (Å²) in [6.07, 6.45) is 0. The molecule has 0 saturated heterocycles. The fraction of sp³-hybridized carbons (Fsp3) is 0.167. The number of hydrogen-bond donors (Lipinski definition) is 2. The van der Waals surface area contributed by atoms with Gasteiger partial charge in [-0.1, -0.05) is 0 Å². The predicted molar refractivity (Wildman–Crippen MR) is 64.7 cm³/mol. The number of halogens is 1. The molecule has 0 aliphatic carbocycles. The van der Waals surface area contributed by atoms with Gasteiger partial charge in [0.15, 0.2) is 0 Å². The van der Waals surface area contributed by atoms with Crippen LogP contribution in [0.4, 0.5) is 10.2 Å². The van der Waals surface area contributed by atoms with E-state index in [0.717, 1.165) is 0 Å². The standard InChI is InChI=1S/C12H12FN3O2/c1-6-3-9(13)8(12(17)18)4-7(6)10-5-11(14)16(2)15-10/h3-5H,14H2,1-2H3,(H,17,18). The zero-order valence-electron chi connectivity index (χ0n) is 9.94. The molecule has 0 radical (unpaired) electrons. The minimum atomic E-state index is -1.31. The third-order valence-electron chi connectivity index (χ3n) is 2.74. The Kier molecular flexibility index (Phi) is 2.78. The molecule has 5 nitrogen and oxygen atoms in total. The zero-order chi connectivity index (χ0) is 13.4. The molecule has 94 valence electrons. The van der Waals surface area contributed by atoms with Gasteiger partial charge in [-0.05, 0) is 24.6 Å². The summed E-state index contributed by atoms with van der Waals surface area (Å²) in [5, 5.41) is 13.0. The number of hydrogen-bond acceptors (Lipinski definition) is 3. The van der Waals surface area contributed by atoms with Gasteiger partial charge in [0, 0.05) is 18.7 Å². The van der Waals surface area contributed by atoms with Crippen LogP contribution in [0.15, 0.2) is 18.2 Å². The quantitative estimate of drug-likeness (QED) is 0.850. The summed E-state index contributed by atoms with van der Waals surface area (Å²) in [5.74, 6) is -1.61. The van der Waals surface area contributed by atoms with Crippen LogP contribution in [0.1, 0.15) is 15.9 Å². The van der Waals surface area contributed by atoms with Crippen molar-refractivity contribution in [3.05, 3.63) is 35.1 Å². The van der Waals surface area contributed by atoms with Crippen molar-refractivity contribution in [1.29, 1.82) is 0 Å². The lowest BCUT2D eigenvalue weighted by Crippen LogP contribution is -2.02. The van der Waals surface area contributed by atoms with Crippen LogP contribution in [0.5, 0.6) is 0 Å². The average molecular weight is 249 g/mol. The van der Waals surface area contributed by atoms with Gasteiger partial charge < -0.3 is 10.8 Å². The molecule has 2 rings (SSSR count). The van der Waals surface area contributed by atoms with Crippen LogP contribution in [-0.2, 0) is 7.05 Å². The molecular formula is C12H12FN3O2. The molecule has 0 amide bonds. The molecule has 0 spiro atoms. The lowest BCUT2D eigenvalue weighted by molar-refractivity contribution is 0.0692. The second kappa shape index (κ2) is 4.14. The van der Waals surface area contributed by atoms with Gasteiger partial charge in [0.05, 0.1) is 11.3 Å². The van der Waals surface area contributed by atoms with E-state index in [1.165, 1.54) is 16.8 Å². The van der Waals surface area contributed by atoms with Gasteiger partial charge in [-0.3, -0.25) is 4.68 Å². The van der Waals surface area contributed by atoms with E-state index in [-0.39, 0.29) is 5.56 Å². The molecule has 0 unspecified atom stereocenters. The van der Waals surface area contributed by atoms with E-state index in [2.05, 4.69) is 5.10 Å². The zero-order valence-corrected chi connectivity index (χ0v) is 9.94. The van der Waals surface area contributed by atoms with Crippen LogP contribution in [0.3, 0.4) is 0 Å². The van der Waals surface area contributed by atoms with Crippen molar-refractivity contribution in [3.8, 4) is 11.3 Å². The topological polar surface area (TPSA) is 81.1 Å². The first-order chi connectivity index (χ1) is 8.40. The van der Waals surface area contributed by atoms with Crippen molar-refractivity contribution in [2.24, 2.45) is 7.05 Å². The Morgan fingerprint density at radius 1 is 1.44 bits per heavy atom. The SMILES string of the molecule is Cc1cc(F)c(C(=O)O)cc1-c1cc(N)n(C)n1. The van der Waals surface area contributed by atoms with E-state index in [9.17, 15) is 9.18 Å². The van der Waals surface area contributed by atoms with Crippen molar-refractivity contribution in [2.45, 2.75) is 6.92 Å². The molecule has 1 aromatic heterocycles. The molecule has 1 heterocycles. The molecule has 0 saturated carbocycles. The van der Waals surface area contributed by atoms with E-state index >= 15 is 0 Å². The number of carboxylic acids is 1. The summed E-state index contributed by atoms with van der Waals surface area (Å²) >= 11 is 0. The summed E-state index contributed by atoms with van der Waals surface area (Å²) in [7, 11) is 1.68. The van der Waals surface area contributed by atoms with Gasteiger partial charge in [-0.15, -0.1) is 0 Å². The lowest BCUT2D eigenvalue weighted by atomic mass is 10.0. The first-order valence-electron chi connectivity index (χ1n) is 5.23. The molecule has 6 heteroatoms. The number of nitrogens with zero attached hydrogens (tertiary/aromatic N) is 2. The van der Waals surface area contributed by atoms with E-state index in [1.54, 1.807) is 20.0 Å². The molecule has 18 heavy (non-hydrogen) atoms. The fourth-order valence-corrected chi connectivity index (χ4v) is 1.73. The number of benzene rings is 1. The predicted octanol–water partition coefficient (Wildman–Crippen LogP) is 1.82. The lowest BCUT2D eigenvalue weighted by Gasteiger charge is -2.05. The summed E-state index contributed by atoms with van der Waals surface area (Å²) in [6.45, 7) is 1.69. The summed E-state index contributed by atoms with van der Waals surface area (Å²) in [5.41, 5.74) is 6.98. The number of nitrogen functional groups attached to an aromatic ring is 1. The van der Waals surface area contributed by atoms with Crippen LogP contribution < -0.4 is 5.73 Å². The van der Waals surface area contributed by atoms with Crippen LogP contribution in [0.2, 0.25) is 0 Å². The number of anilines is 1. The number of aromatic nitrogens is 2. The van der Waals surface area contributed by atoms with Crippen molar-refractivity contribution in [2.75, 3.05) is 5.73 Å². The third kappa shape index (κ3) is 1.92. The second-order valence-corrected chi connectivity index (χ2v) is 4.03. The number of nitrogens with two attached hydrogens (primary N) is 1. The fourth-order valence-electron chi connectivity index (χ4n) is 1.73. The highest BCUT2D eigenvalue weighted by molar-refractivity contribution is 5.90. The molecule has 0 aliphatic heterocycles. The van der Waals surface area contributed by atoms with Gasteiger partial charge in [-0.2, -0.15) is 5.10 Å². The monoisotopic (exact) mass is 249 g/mol. The van der Waals surface area contributed by atoms with Crippen molar-refractivity contribution in [3.63, 3.8) is 0 Å². The maximum absolute atomic E-state index is 13.5. The van der Waals surface area contributed by atoms with Gasteiger partial charge >= 0.3 is 5.97 Å². The maximum Gasteiger partial charge on any atom is 0.338 e. The highest BCUT2D eigenvalue weighted by Crippen LogP contribution is 2.26. The van der Waals surface area contributed by atoms with Crippen molar-refractivity contribution in [1.82, 2.24) is 9.78 Å². The summed E-state index contributed by atoms with van der Waals surface area (Å²) in [4.78, 5) is 10.9. The molecule has 0 aliphatic rings. The smallest absolute Gasteiger partial charge is 0.338 e. The first-order valence-corrected chi connectivity index (χ1v) is 5.23. The second-order valence-electron chi connectivity index (χ2n) is 4.03. The molecule has 1 aromatic carbocycles. The van der Waals surface area contributed by atoms with E-state index < -0.39 is 11.8 Å². The van der Waals surface area contributed by atoms with Gasteiger partial charge in [-0.25, -0.2) is 9.18 Å².